The van der Waals surface area contributed by atoms with Gasteiger partial charge in [-0.15, -0.1) is 0 Å². The van der Waals surface area contributed by atoms with E-state index in [9.17, 15) is 26.7 Å². The summed E-state index contributed by atoms with van der Waals surface area (Å²) in [5.74, 6) is -4.42. The molecule has 0 aliphatic rings. The number of nitrogens with zero attached hydrogens (tertiary/aromatic N) is 4. The zero-order valence-corrected chi connectivity index (χ0v) is 15.0. The van der Waals surface area contributed by atoms with Crippen LogP contribution in [0.3, 0.4) is 0 Å². The van der Waals surface area contributed by atoms with Crippen LogP contribution >= 0.6 is 11.6 Å². The maximum atomic E-state index is 13.3. The number of alkyl halides is 3. The Hall–Kier alpha value is -3.28. The third-order valence-electron chi connectivity index (χ3n) is 3.62. The van der Waals surface area contributed by atoms with Gasteiger partial charge in [0.25, 0.3) is 0 Å². The first-order valence-electron chi connectivity index (χ1n) is 7.61. The van der Waals surface area contributed by atoms with Crippen molar-refractivity contribution >= 4 is 29.1 Å². The van der Waals surface area contributed by atoms with E-state index in [-0.39, 0.29) is 16.9 Å². The summed E-state index contributed by atoms with van der Waals surface area (Å²) in [7, 11) is 0. The molecular formula is C16H9ClF5N5O2. The second kappa shape index (κ2) is 7.28. The molecule has 0 saturated heterocycles. The lowest BCUT2D eigenvalue weighted by Crippen LogP contribution is -2.17. The SMILES string of the molecule is Cc1cc(C(F)(F)F)n2ncc(/C(N)=N\OC(=O)c3cc(F)c(F)cc3Cl)c2n1. The first-order chi connectivity index (χ1) is 13.5. The van der Waals surface area contributed by atoms with E-state index in [2.05, 4.69) is 20.1 Å². The number of rotatable bonds is 3. The van der Waals surface area contributed by atoms with E-state index >= 15 is 0 Å². The maximum Gasteiger partial charge on any atom is 0.433 e. The number of benzene rings is 1. The van der Waals surface area contributed by atoms with Crippen LogP contribution in [0.5, 0.6) is 0 Å². The van der Waals surface area contributed by atoms with Crippen LogP contribution < -0.4 is 5.73 Å². The minimum absolute atomic E-state index is 0.0324. The van der Waals surface area contributed by atoms with Gasteiger partial charge in [-0.2, -0.15) is 18.3 Å². The van der Waals surface area contributed by atoms with Gasteiger partial charge in [0.15, 0.2) is 23.1 Å². The van der Waals surface area contributed by atoms with Crippen LogP contribution in [0.15, 0.2) is 29.6 Å². The van der Waals surface area contributed by atoms with Gasteiger partial charge < -0.3 is 10.6 Å². The van der Waals surface area contributed by atoms with Crippen LogP contribution in [-0.4, -0.2) is 26.4 Å². The molecule has 0 unspecified atom stereocenters. The molecule has 0 saturated carbocycles. The fraction of sp³-hybridized carbons (Fsp3) is 0.125. The summed E-state index contributed by atoms with van der Waals surface area (Å²) in [6.45, 7) is 1.34. The van der Waals surface area contributed by atoms with Crippen molar-refractivity contribution in [1.82, 2.24) is 14.6 Å². The molecule has 3 rings (SSSR count). The minimum atomic E-state index is -4.71. The number of amidine groups is 1. The third kappa shape index (κ3) is 3.97. The molecule has 0 radical (unpaired) electrons. The number of halogens is 6. The third-order valence-corrected chi connectivity index (χ3v) is 3.94. The molecule has 29 heavy (non-hydrogen) atoms. The lowest BCUT2D eigenvalue weighted by atomic mass is 10.2. The molecule has 0 spiro atoms. The van der Waals surface area contributed by atoms with Crippen molar-refractivity contribution in [2.24, 2.45) is 10.9 Å². The van der Waals surface area contributed by atoms with E-state index in [0.29, 0.717) is 16.6 Å². The van der Waals surface area contributed by atoms with Gasteiger partial charge in [-0.3, -0.25) is 0 Å². The summed E-state index contributed by atoms with van der Waals surface area (Å²) < 4.78 is 66.3. The molecular weight excluding hydrogens is 425 g/mol. The van der Waals surface area contributed by atoms with Gasteiger partial charge in [0.2, 0.25) is 0 Å². The molecule has 0 bridgehead atoms. The van der Waals surface area contributed by atoms with Crippen molar-refractivity contribution in [3.05, 3.63) is 63.6 Å². The number of oxime groups is 1. The molecule has 0 aliphatic carbocycles. The first-order valence-corrected chi connectivity index (χ1v) is 7.99. The summed E-state index contributed by atoms with van der Waals surface area (Å²) in [6.07, 6.45) is -3.76. The maximum absolute atomic E-state index is 13.3. The van der Waals surface area contributed by atoms with Gasteiger partial charge >= 0.3 is 12.1 Å². The number of aryl methyl sites for hydroxylation is 1. The normalized spacial score (nSPS) is 12.4. The molecule has 7 nitrogen and oxygen atoms in total. The Labute approximate surface area is 163 Å². The van der Waals surface area contributed by atoms with Crippen LogP contribution in [0.1, 0.15) is 27.3 Å². The smallest absolute Gasteiger partial charge is 0.380 e. The fourth-order valence-electron chi connectivity index (χ4n) is 2.33. The topological polar surface area (TPSA) is 94.9 Å². The number of carbonyl (C=O) groups is 1. The van der Waals surface area contributed by atoms with Crippen molar-refractivity contribution < 1.29 is 31.6 Å². The van der Waals surface area contributed by atoms with Crippen molar-refractivity contribution in [1.29, 1.82) is 0 Å². The summed E-state index contributed by atoms with van der Waals surface area (Å²) in [5, 5.41) is 6.45. The second-order valence-electron chi connectivity index (χ2n) is 5.68. The van der Waals surface area contributed by atoms with Gasteiger partial charge in [-0.05, 0) is 25.1 Å². The number of carbonyl (C=O) groups excluding carboxylic acids is 1. The molecule has 2 heterocycles. The number of hydrogen-bond acceptors (Lipinski definition) is 5. The minimum Gasteiger partial charge on any atom is -0.380 e. The highest BCUT2D eigenvalue weighted by Crippen LogP contribution is 2.30. The number of fused-ring (bicyclic) bond motifs is 1. The molecule has 13 heteroatoms. The highest BCUT2D eigenvalue weighted by Gasteiger charge is 2.35. The molecule has 3 aromatic rings. The predicted molar refractivity (Wildman–Crippen MR) is 90.2 cm³/mol. The lowest BCUT2D eigenvalue weighted by molar-refractivity contribution is -0.142. The fourth-order valence-corrected chi connectivity index (χ4v) is 2.56. The van der Waals surface area contributed by atoms with E-state index in [1.54, 1.807) is 0 Å². The average Bonchev–Trinajstić information content (AvgIpc) is 3.04. The molecule has 152 valence electrons. The Morgan fingerprint density at radius 1 is 1.21 bits per heavy atom. The molecule has 1 aromatic carbocycles. The summed E-state index contributed by atoms with van der Waals surface area (Å²) in [6, 6.07) is 1.86. The Balaban J connectivity index is 1.95. The zero-order valence-electron chi connectivity index (χ0n) is 14.3. The van der Waals surface area contributed by atoms with Crippen LogP contribution in [0.2, 0.25) is 5.02 Å². The largest absolute Gasteiger partial charge is 0.433 e. The highest BCUT2D eigenvalue weighted by atomic mass is 35.5. The molecule has 2 aromatic heterocycles. The molecule has 0 fully saturated rings. The Bertz CT molecular complexity index is 1160. The summed E-state index contributed by atoms with van der Waals surface area (Å²) in [5.41, 5.74) is 3.64. The van der Waals surface area contributed by atoms with E-state index in [1.807, 2.05) is 0 Å². The average molecular weight is 434 g/mol. The standard InChI is InChI=1S/C16H9ClF5N5O2/c1-6-2-12(16(20,21)22)27-14(25-6)8(5-24-27)13(23)26-29-15(28)7-3-10(18)11(19)4-9(7)17/h2-5H,1H3,(H2,23,26). The van der Waals surface area contributed by atoms with Crippen LogP contribution in [0.4, 0.5) is 22.0 Å². The molecule has 0 atom stereocenters. The van der Waals surface area contributed by atoms with Gasteiger partial charge in [0.05, 0.1) is 22.3 Å². The van der Waals surface area contributed by atoms with Crippen LogP contribution in [0, 0.1) is 18.6 Å². The number of aromatic nitrogens is 3. The molecule has 0 aliphatic heterocycles. The van der Waals surface area contributed by atoms with E-state index in [4.69, 9.17) is 17.3 Å². The number of hydrogen-bond donors (Lipinski definition) is 1. The van der Waals surface area contributed by atoms with E-state index in [0.717, 1.165) is 12.3 Å². The first kappa shape index (κ1) is 20.5. The van der Waals surface area contributed by atoms with Gasteiger partial charge in [-0.25, -0.2) is 23.1 Å². The predicted octanol–water partition coefficient (Wildman–Crippen LogP) is 3.47. The molecule has 2 N–H and O–H groups in total. The van der Waals surface area contributed by atoms with Crippen molar-refractivity contribution in [3.8, 4) is 0 Å². The lowest BCUT2D eigenvalue weighted by Gasteiger charge is -2.09. The summed E-state index contributed by atoms with van der Waals surface area (Å²) in [4.78, 5) is 20.4. The van der Waals surface area contributed by atoms with Crippen LogP contribution in [-0.2, 0) is 11.0 Å². The second-order valence-corrected chi connectivity index (χ2v) is 6.08. The Morgan fingerprint density at radius 3 is 2.52 bits per heavy atom. The van der Waals surface area contributed by atoms with Crippen LogP contribution in [0.25, 0.3) is 5.65 Å². The van der Waals surface area contributed by atoms with Crippen molar-refractivity contribution in [2.45, 2.75) is 13.1 Å². The quantitative estimate of drug-likeness (QED) is 0.170. The molecule has 0 amide bonds. The van der Waals surface area contributed by atoms with Gasteiger partial charge in [0, 0.05) is 5.69 Å². The summed E-state index contributed by atoms with van der Waals surface area (Å²) >= 11 is 5.65. The van der Waals surface area contributed by atoms with Gasteiger partial charge in [0.1, 0.15) is 5.69 Å². The van der Waals surface area contributed by atoms with Gasteiger partial charge in [-0.1, -0.05) is 16.8 Å². The van der Waals surface area contributed by atoms with E-state index in [1.165, 1.54) is 6.92 Å². The van der Waals surface area contributed by atoms with Crippen molar-refractivity contribution in [3.63, 3.8) is 0 Å². The monoisotopic (exact) mass is 433 g/mol. The Morgan fingerprint density at radius 2 is 1.86 bits per heavy atom. The Kier molecular flexibility index (Phi) is 5.13. The number of nitrogens with two attached hydrogens (primary N) is 1. The van der Waals surface area contributed by atoms with Crippen molar-refractivity contribution in [2.75, 3.05) is 0 Å². The highest BCUT2D eigenvalue weighted by molar-refractivity contribution is 6.33. The van der Waals surface area contributed by atoms with E-state index < -0.39 is 45.9 Å². The zero-order chi connectivity index (χ0) is 21.5.